The highest BCUT2D eigenvalue weighted by Gasteiger charge is 2.03. The van der Waals surface area contributed by atoms with E-state index in [9.17, 15) is 4.79 Å². The molecule has 0 aliphatic heterocycles. The van der Waals surface area contributed by atoms with Gasteiger partial charge in [0.05, 0.1) is 6.54 Å². The third kappa shape index (κ3) is 5.90. The summed E-state index contributed by atoms with van der Waals surface area (Å²) >= 11 is 0. The van der Waals surface area contributed by atoms with Crippen molar-refractivity contribution >= 4 is 11.9 Å². The van der Waals surface area contributed by atoms with Crippen LogP contribution in [-0.4, -0.2) is 31.0 Å². The van der Waals surface area contributed by atoms with Gasteiger partial charge in [0.15, 0.2) is 5.96 Å². The van der Waals surface area contributed by atoms with Gasteiger partial charge in [-0.2, -0.15) is 0 Å². The summed E-state index contributed by atoms with van der Waals surface area (Å²) in [7, 11) is 0. The first-order valence-corrected chi connectivity index (χ1v) is 6.40. The van der Waals surface area contributed by atoms with Crippen molar-refractivity contribution in [3.63, 3.8) is 0 Å². The van der Waals surface area contributed by atoms with Crippen LogP contribution in [0.1, 0.15) is 29.8 Å². The summed E-state index contributed by atoms with van der Waals surface area (Å²) < 4.78 is 0. The Bertz CT molecular complexity index is 437. The molecule has 0 atom stereocenters. The molecule has 104 valence electrons. The van der Waals surface area contributed by atoms with Crippen LogP contribution in [0, 0.1) is 6.92 Å². The molecular weight excluding hydrogens is 240 g/mol. The van der Waals surface area contributed by atoms with E-state index in [0.717, 1.165) is 5.56 Å². The molecule has 1 rings (SSSR count). The fourth-order valence-corrected chi connectivity index (χ4v) is 1.49. The Kier molecular flexibility index (Phi) is 5.85. The largest absolute Gasteiger partial charge is 0.370 e. The number of aliphatic imine (C=N–C) groups is 1. The van der Waals surface area contributed by atoms with Gasteiger partial charge >= 0.3 is 0 Å². The lowest BCUT2D eigenvalue weighted by molar-refractivity contribution is 0.0955. The number of aryl methyl sites for hydroxylation is 1. The third-order valence-corrected chi connectivity index (χ3v) is 2.43. The molecule has 5 nitrogen and oxygen atoms in total. The van der Waals surface area contributed by atoms with E-state index in [2.05, 4.69) is 15.6 Å². The van der Waals surface area contributed by atoms with Crippen molar-refractivity contribution in [2.75, 3.05) is 13.1 Å². The molecule has 5 heteroatoms. The Morgan fingerprint density at radius 3 is 2.53 bits per heavy atom. The van der Waals surface area contributed by atoms with E-state index in [4.69, 9.17) is 5.73 Å². The Balaban J connectivity index is 2.33. The number of hydrogen-bond donors (Lipinski definition) is 3. The van der Waals surface area contributed by atoms with Crippen LogP contribution in [0.15, 0.2) is 29.3 Å². The van der Waals surface area contributed by atoms with Crippen molar-refractivity contribution in [2.24, 2.45) is 10.7 Å². The SMILES string of the molecule is Cc1ccc(C(=O)NCCN=C(N)NC(C)C)cc1. The summed E-state index contributed by atoms with van der Waals surface area (Å²) in [6.07, 6.45) is 0. The maximum atomic E-state index is 11.8. The summed E-state index contributed by atoms with van der Waals surface area (Å²) in [4.78, 5) is 15.9. The van der Waals surface area contributed by atoms with Gasteiger partial charge in [0.2, 0.25) is 0 Å². The average Bonchev–Trinajstić information content (AvgIpc) is 2.34. The smallest absolute Gasteiger partial charge is 0.251 e. The van der Waals surface area contributed by atoms with Crippen LogP contribution in [0.4, 0.5) is 0 Å². The highest BCUT2D eigenvalue weighted by atomic mass is 16.1. The lowest BCUT2D eigenvalue weighted by Gasteiger charge is -2.08. The lowest BCUT2D eigenvalue weighted by Crippen LogP contribution is -2.37. The Morgan fingerprint density at radius 2 is 1.95 bits per heavy atom. The summed E-state index contributed by atoms with van der Waals surface area (Å²) in [5.41, 5.74) is 7.43. The number of guanidine groups is 1. The second-order valence-corrected chi connectivity index (χ2v) is 4.69. The second-order valence-electron chi connectivity index (χ2n) is 4.69. The molecule has 0 heterocycles. The van der Waals surface area contributed by atoms with Crippen LogP contribution < -0.4 is 16.4 Å². The second kappa shape index (κ2) is 7.41. The number of nitrogens with two attached hydrogens (primary N) is 1. The van der Waals surface area contributed by atoms with E-state index in [1.807, 2.05) is 45.0 Å². The van der Waals surface area contributed by atoms with Gasteiger partial charge in [0, 0.05) is 18.2 Å². The average molecular weight is 262 g/mol. The first-order valence-electron chi connectivity index (χ1n) is 6.40. The summed E-state index contributed by atoms with van der Waals surface area (Å²) in [6.45, 7) is 6.89. The molecule has 0 aliphatic rings. The van der Waals surface area contributed by atoms with Crippen molar-refractivity contribution in [1.82, 2.24) is 10.6 Å². The molecule has 19 heavy (non-hydrogen) atoms. The number of rotatable bonds is 5. The van der Waals surface area contributed by atoms with Crippen LogP contribution >= 0.6 is 0 Å². The van der Waals surface area contributed by atoms with Crippen LogP contribution in [0.3, 0.4) is 0 Å². The molecule has 0 spiro atoms. The summed E-state index contributed by atoms with van der Waals surface area (Å²) in [5, 5.41) is 5.78. The van der Waals surface area contributed by atoms with Crippen LogP contribution in [-0.2, 0) is 0 Å². The number of carbonyl (C=O) groups is 1. The van der Waals surface area contributed by atoms with Gasteiger partial charge in [-0.15, -0.1) is 0 Å². The van der Waals surface area contributed by atoms with Crippen LogP contribution in [0.2, 0.25) is 0 Å². The maximum Gasteiger partial charge on any atom is 0.251 e. The van der Waals surface area contributed by atoms with E-state index in [-0.39, 0.29) is 11.9 Å². The fourth-order valence-electron chi connectivity index (χ4n) is 1.49. The van der Waals surface area contributed by atoms with Crippen molar-refractivity contribution in [3.05, 3.63) is 35.4 Å². The summed E-state index contributed by atoms with van der Waals surface area (Å²) in [5.74, 6) is 0.310. The number of hydrogen-bond acceptors (Lipinski definition) is 2. The van der Waals surface area contributed by atoms with E-state index in [1.54, 1.807) is 0 Å². The number of nitrogens with zero attached hydrogens (tertiary/aromatic N) is 1. The number of nitrogens with one attached hydrogen (secondary N) is 2. The molecule has 1 amide bonds. The minimum atomic E-state index is -0.0920. The van der Waals surface area contributed by atoms with E-state index in [0.29, 0.717) is 24.6 Å². The number of amides is 1. The molecular formula is C14H22N4O. The van der Waals surface area contributed by atoms with Crippen molar-refractivity contribution < 1.29 is 4.79 Å². The molecule has 4 N–H and O–H groups in total. The topological polar surface area (TPSA) is 79.5 Å². The molecule has 1 aromatic rings. The maximum absolute atomic E-state index is 11.8. The van der Waals surface area contributed by atoms with Crippen LogP contribution in [0.5, 0.6) is 0 Å². The minimum Gasteiger partial charge on any atom is -0.370 e. The van der Waals surface area contributed by atoms with Crippen molar-refractivity contribution in [1.29, 1.82) is 0 Å². The zero-order valence-electron chi connectivity index (χ0n) is 11.7. The Labute approximate surface area is 114 Å². The highest BCUT2D eigenvalue weighted by molar-refractivity contribution is 5.94. The minimum absolute atomic E-state index is 0.0920. The molecule has 0 aromatic heterocycles. The zero-order chi connectivity index (χ0) is 14.3. The Hall–Kier alpha value is -2.04. The summed E-state index contributed by atoms with van der Waals surface area (Å²) in [6, 6.07) is 7.70. The van der Waals surface area contributed by atoms with Crippen molar-refractivity contribution in [2.45, 2.75) is 26.8 Å². The molecule has 0 bridgehead atoms. The van der Waals surface area contributed by atoms with Gasteiger partial charge in [0.1, 0.15) is 0 Å². The number of benzene rings is 1. The molecule has 0 unspecified atom stereocenters. The highest BCUT2D eigenvalue weighted by Crippen LogP contribution is 2.02. The molecule has 0 fully saturated rings. The van der Waals surface area contributed by atoms with E-state index < -0.39 is 0 Å². The first kappa shape index (κ1) is 15.0. The quantitative estimate of drug-likeness (QED) is 0.421. The fraction of sp³-hybridized carbons (Fsp3) is 0.429. The van der Waals surface area contributed by atoms with Gasteiger partial charge in [-0.05, 0) is 32.9 Å². The van der Waals surface area contributed by atoms with Gasteiger partial charge in [0.25, 0.3) is 5.91 Å². The van der Waals surface area contributed by atoms with Gasteiger partial charge < -0.3 is 16.4 Å². The van der Waals surface area contributed by atoms with Crippen LogP contribution in [0.25, 0.3) is 0 Å². The van der Waals surface area contributed by atoms with E-state index in [1.165, 1.54) is 0 Å². The van der Waals surface area contributed by atoms with Gasteiger partial charge in [-0.25, -0.2) is 0 Å². The third-order valence-electron chi connectivity index (χ3n) is 2.43. The first-order chi connectivity index (χ1) is 8.99. The molecule has 0 aliphatic carbocycles. The predicted octanol–water partition coefficient (Wildman–Crippen LogP) is 1.04. The monoisotopic (exact) mass is 262 g/mol. The van der Waals surface area contributed by atoms with E-state index >= 15 is 0 Å². The number of carbonyl (C=O) groups excluding carboxylic acids is 1. The standard InChI is InChI=1S/C14H22N4O/c1-10(2)18-14(15)17-9-8-16-13(19)12-6-4-11(3)5-7-12/h4-7,10H,8-9H2,1-3H3,(H,16,19)(H3,15,17,18). The molecule has 0 saturated heterocycles. The molecule has 0 saturated carbocycles. The lowest BCUT2D eigenvalue weighted by atomic mass is 10.1. The predicted molar refractivity (Wildman–Crippen MR) is 78.3 cm³/mol. The normalized spacial score (nSPS) is 11.5. The molecule has 0 radical (unpaired) electrons. The Morgan fingerprint density at radius 1 is 1.32 bits per heavy atom. The zero-order valence-corrected chi connectivity index (χ0v) is 11.7. The van der Waals surface area contributed by atoms with Crippen molar-refractivity contribution in [3.8, 4) is 0 Å². The van der Waals surface area contributed by atoms with Gasteiger partial charge in [-0.3, -0.25) is 9.79 Å². The molecule has 1 aromatic carbocycles. The van der Waals surface area contributed by atoms with Gasteiger partial charge in [-0.1, -0.05) is 17.7 Å².